The van der Waals surface area contributed by atoms with Gasteiger partial charge in [0.05, 0.1) is 6.61 Å². The Balaban J connectivity index is 2.54. The second-order valence-corrected chi connectivity index (χ2v) is 3.93. The van der Waals surface area contributed by atoms with Crippen molar-refractivity contribution in [2.75, 3.05) is 20.3 Å². The van der Waals surface area contributed by atoms with Gasteiger partial charge in [-0.3, -0.25) is 0 Å². The molecule has 7 heteroatoms. The fourth-order valence-electron chi connectivity index (χ4n) is 1.40. The summed E-state index contributed by atoms with van der Waals surface area (Å²) in [7, 11) is 1.67. The van der Waals surface area contributed by atoms with Gasteiger partial charge in [0.1, 0.15) is 6.54 Å². The Hall–Kier alpha value is -1.63. The molecule has 0 radical (unpaired) electrons. The maximum atomic E-state index is 5.06. The quantitative estimate of drug-likeness (QED) is 0.568. The lowest BCUT2D eigenvalue weighted by Gasteiger charge is -2.16. The lowest BCUT2D eigenvalue weighted by molar-refractivity contribution is 0.179. The van der Waals surface area contributed by atoms with Crippen molar-refractivity contribution in [2.24, 2.45) is 4.99 Å². The van der Waals surface area contributed by atoms with E-state index in [1.54, 1.807) is 14.0 Å². The molecule has 0 aliphatic rings. The van der Waals surface area contributed by atoms with Crippen LogP contribution in [-0.2, 0) is 11.3 Å². The van der Waals surface area contributed by atoms with E-state index in [9.17, 15) is 0 Å². The minimum absolute atomic E-state index is 0.180. The normalized spacial score (nSPS) is 13.4. The first-order valence-electron chi connectivity index (χ1n) is 5.98. The Kier molecular flexibility index (Phi) is 6.13. The van der Waals surface area contributed by atoms with Gasteiger partial charge >= 0.3 is 0 Å². The van der Waals surface area contributed by atoms with Crippen molar-refractivity contribution >= 4 is 5.96 Å². The Morgan fingerprint density at radius 1 is 1.56 bits per heavy atom. The minimum atomic E-state index is 0.180. The lowest BCUT2D eigenvalue weighted by atomic mass is 10.4. The molecular formula is C11H21N5O2. The van der Waals surface area contributed by atoms with E-state index in [0.717, 1.165) is 6.54 Å². The summed E-state index contributed by atoms with van der Waals surface area (Å²) in [5.74, 6) is 1.83. The van der Waals surface area contributed by atoms with E-state index in [0.29, 0.717) is 30.8 Å². The van der Waals surface area contributed by atoms with Crippen molar-refractivity contribution in [3.05, 3.63) is 11.7 Å². The second-order valence-electron chi connectivity index (χ2n) is 3.93. The summed E-state index contributed by atoms with van der Waals surface area (Å²) in [6, 6.07) is 0.180. The van der Waals surface area contributed by atoms with Crippen LogP contribution >= 0.6 is 0 Å². The number of ether oxygens (including phenoxy) is 1. The van der Waals surface area contributed by atoms with E-state index in [2.05, 4.69) is 25.8 Å². The molecule has 7 nitrogen and oxygen atoms in total. The smallest absolute Gasteiger partial charge is 0.223 e. The van der Waals surface area contributed by atoms with Crippen molar-refractivity contribution in [1.29, 1.82) is 0 Å². The zero-order valence-corrected chi connectivity index (χ0v) is 11.4. The molecule has 1 aromatic rings. The molecule has 0 bridgehead atoms. The first kappa shape index (κ1) is 14.4. The molecule has 1 heterocycles. The number of aryl methyl sites for hydroxylation is 1. The van der Waals surface area contributed by atoms with Crippen molar-refractivity contribution < 1.29 is 9.26 Å². The van der Waals surface area contributed by atoms with Crippen molar-refractivity contribution in [3.8, 4) is 0 Å². The molecule has 0 aliphatic carbocycles. The number of nitrogens with zero attached hydrogens (tertiary/aromatic N) is 3. The van der Waals surface area contributed by atoms with Gasteiger partial charge in [0.25, 0.3) is 0 Å². The van der Waals surface area contributed by atoms with Gasteiger partial charge in [-0.25, -0.2) is 4.99 Å². The van der Waals surface area contributed by atoms with Crippen molar-refractivity contribution in [3.63, 3.8) is 0 Å². The van der Waals surface area contributed by atoms with E-state index >= 15 is 0 Å². The van der Waals surface area contributed by atoms with Crippen LogP contribution in [0.25, 0.3) is 0 Å². The molecule has 0 fully saturated rings. The first-order valence-corrected chi connectivity index (χ1v) is 5.98. The number of nitrogens with one attached hydrogen (secondary N) is 2. The molecule has 2 N–H and O–H groups in total. The third kappa shape index (κ3) is 5.13. The molecule has 1 aromatic heterocycles. The summed E-state index contributed by atoms with van der Waals surface area (Å²) < 4.78 is 9.95. The number of rotatable bonds is 6. The Morgan fingerprint density at radius 3 is 2.89 bits per heavy atom. The number of aromatic nitrogens is 2. The number of hydrogen-bond donors (Lipinski definition) is 2. The molecule has 0 saturated heterocycles. The van der Waals surface area contributed by atoms with Crippen LogP contribution in [0, 0.1) is 6.92 Å². The largest absolute Gasteiger partial charge is 0.383 e. The summed E-state index contributed by atoms with van der Waals surface area (Å²) >= 11 is 0. The highest BCUT2D eigenvalue weighted by atomic mass is 16.5. The summed E-state index contributed by atoms with van der Waals surface area (Å²) in [6.07, 6.45) is 0. The molecule has 0 saturated carbocycles. The van der Waals surface area contributed by atoms with Gasteiger partial charge in [-0.1, -0.05) is 5.16 Å². The number of methoxy groups -OCH3 is 1. The summed E-state index contributed by atoms with van der Waals surface area (Å²) in [6.45, 7) is 7.57. The molecule has 0 amide bonds. The summed E-state index contributed by atoms with van der Waals surface area (Å²) in [5, 5.41) is 10.2. The third-order valence-electron chi connectivity index (χ3n) is 2.09. The van der Waals surface area contributed by atoms with E-state index in [1.165, 1.54) is 0 Å². The van der Waals surface area contributed by atoms with Crippen molar-refractivity contribution in [1.82, 2.24) is 20.8 Å². The van der Waals surface area contributed by atoms with Gasteiger partial charge in [0, 0.05) is 26.6 Å². The van der Waals surface area contributed by atoms with Gasteiger partial charge in [-0.05, 0) is 13.8 Å². The average molecular weight is 255 g/mol. The first-order chi connectivity index (χ1) is 8.65. The molecular weight excluding hydrogens is 234 g/mol. The van der Waals surface area contributed by atoms with Crippen LogP contribution < -0.4 is 10.6 Å². The molecule has 0 spiro atoms. The minimum Gasteiger partial charge on any atom is -0.383 e. The lowest BCUT2D eigenvalue weighted by Crippen LogP contribution is -2.43. The molecule has 0 aromatic carbocycles. The van der Waals surface area contributed by atoms with E-state index in [4.69, 9.17) is 9.26 Å². The number of hydrogen-bond acceptors (Lipinski definition) is 5. The summed E-state index contributed by atoms with van der Waals surface area (Å²) in [5.41, 5.74) is 0. The molecule has 102 valence electrons. The second kappa shape index (κ2) is 7.65. The maximum absolute atomic E-state index is 5.06. The average Bonchev–Trinajstić information content (AvgIpc) is 2.73. The fraction of sp³-hybridized carbons (Fsp3) is 0.727. The van der Waals surface area contributed by atoms with Crippen LogP contribution in [0.4, 0.5) is 0 Å². The fourth-order valence-corrected chi connectivity index (χ4v) is 1.40. The van der Waals surface area contributed by atoms with E-state index < -0.39 is 0 Å². The SMILES string of the molecule is CCNC(=NCc1noc(C)n1)NC(C)COC. The predicted molar refractivity (Wildman–Crippen MR) is 68.3 cm³/mol. The van der Waals surface area contributed by atoms with Crippen LogP contribution in [0.3, 0.4) is 0 Å². The zero-order chi connectivity index (χ0) is 13.4. The van der Waals surface area contributed by atoms with Crippen LogP contribution in [0.2, 0.25) is 0 Å². The highest BCUT2D eigenvalue weighted by Crippen LogP contribution is 1.96. The van der Waals surface area contributed by atoms with Crippen LogP contribution in [-0.4, -0.2) is 42.4 Å². The number of aliphatic imine (C=N–C) groups is 1. The van der Waals surface area contributed by atoms with Gasteiger partial charge in [-0.2, -0.15) is 4.98 Å². The topological polar surface area (TPSA) is 84.6 Å². The van der Waals surface area contributed by atoms with Crippen LogP contribution in [0.5, 0.6) is 0 Å². The highest BCUT2D eigenvalue weighted by molar-refractivity contribution is 5.79. The van der Waals surface area contributed by atoms with Gasteiger partial charge < -0.3 is 19.9 Å². The monoisotopic (exact) mass is 255 g/mol. The van der Waals surface area contributed by atoms with Crippen molar-refractivity contribution in [2.45, 2.75) is 33.4 Å². The standard InChI is InChI=1S/C11H21N5O2/c1-5-12-11(14-8(2)7-17-4)13-6-10-15-9(3)18-16-10/h8H,5-7H2,1-4H3,(H2,12,13,14). The van der Waals surface area contributed by atoms with E-state index in [1.807, 2.05) is 13.8 Å². The zero-order valence-electron chi connectivity index (χ0n) is 11.4. The van der Waals surface area contributed by atoms with Gasteiger partial charge in [0.15, 0.2) is 11.8 Å². The molecule has 1 unspecified atom stereocenters. The van der Waals surface area contributed by atoms with E-state index in [-0.39, 0.29) is 6.04 Å². The highest BCUT2D eigenvalue weighted by Gasteiger charge is 2.06. The Labute approximate surface area is 107 Å². The van der Waals surface area contributed by atoms with Crippen LogP contribution in [0.1, 0.15) is 25.6 Å². The maximum Gasteiger partial charge on any atom is 0.223 e. The molecule has 18 heavy (non-hydrogen) atoms. The molecule has 0 aliphatic heterocycles. The molecule has 1 atom stereocenters. The number of guanidine groups is 1. The van der Waals surface area contributed by atoms with Gasteiger partial charge in [0.2, 0.25) is 5.89 Å². The van der Waals surface area contributed by atoms with Gasteiger partial charge in [-0.15, -0.1) is 0 Å². The predicted octanol–water partition coefficient (Wildman–Crippen LogP) is 0.468. The Bertz CT molecular complexity index is 377. The third-order valence-corrected chi connectivity index (χ3v) is 2.09. The summed E-state index contributed by atoms with van der Waals surface area (Å²) in [4.78, 5) is 8.47. The Morgan fingerprint density at radius 2 is 2.33 bits per heavy atom. The van der Waals surface area contributed by atoms with Crippen LogP contribution in [0.15, 0.2) is 9.52 Å². The molecule has 1 rings (SSSR count).